The van der Waals surface area contributed by atoms with Crippen LogP contribution >= 0.6 is 11.3 Å². The maximum absolute atomic E-state index is 6.45. The van der Waals surface area contributed by atoms with E-state index in [0.29, 0.717) is 5.82 Å². The Labute approximate surface area is 327 Å². The molecule has 0 saturated carbocycles. The summed E-state index contributed by atoms with van der Waals surface area (Å²) in [7, 11) is 0. The van der Waals surface area contributed by atoms with Crippen LogP contribution in [0.4, 0.5) is 0 Å². The lowest BCUT2D eigenvalue weighted by Crippen LogP contribution is -1.97. The van der Waals surface area contributed by atoms with Crippen LogP contribution in [-0.4, -0.2) is 9.97 Å². The Morgan fingerprint density at radius 1 is 0.339 bits per heavy atom. The van der Waals surface area contributed by atoms with Gasteiger partial charge in [-0.15, -0.1) is 11.3 Å². The van der Waals surface area contributed by atoms with Gasteiger partial charge in [0.15, 0.2) is 5.82 Å². The predicted octanol–water partition coefficient (Wildman–Crippen LogP) is 14.7. The quantitative estimate of drug-likeness (QED) is 0.171. The summed E-state index contributed by atoms with van der Waals surface area (Å²) in [5.74, 6) is 0.681. The van der Waals surface area contributed by atoms with Gasteiger partial charge in [0, 0.05) is 53.2 Å². The van der Waals surface area contributed by atoms with Crippen molar-refractivity contribution >= 4 is 53.4 Å². The van der Waals surface area contributed by atoms with E-state index in [4.69, 9.17) is 14.4 Å². The van der Waals surface area contributed by atoms with Crippen LogP contribution in [0.25, 0.3) is 109 Å². The molecule has 0 spiro atoms. The Bertz CT molecular complexity index is 3250. The zero-order valence-electron chi connectivity index (χ0n) is 30.2. The molecule has 0 aliphatic rings. The lowest BCUT2D eigenvalue weighted by atomic mass is 9.93. The standard InChI is InChI=1S/C52H32N2OS/c1-3-13-33(14-4-1)38-28-39(35-25-26-50-45(31-35)43-20-8-10-24-49(43)56-50)30-40(29-38)47-32-46(53-52(54-47)34-15-5-2-6-16-34)37-18-11-17-36(27-37)41-21-12-22-44-42-19-7-9-23-48(42)55-51(41)44/h1-32H. The molecule has 0 N–H and O–H groups in total. The normalized spacial score (nSPS) is 11.6. The molecule has 262 valence electrons. The van der Waals surface area contributed by atoms with E-state index < -0.39 is 0 Å². The second-order valence-electron chi connectivity index (χ2n) is 14.2. The van der Waals surface area contributed by atoms with Crippen molar-refractivity contribution in [3.05, 3.63) is 194 Å². The van der Waals surface area contributed by atoms with Crippen molar-refractivity contribution in [3.8, 4) is 67.3 Å². The van der Waals surface area contributed by atoms with E-state index in [0.717, 1.165) is 77.8 Å². The second-order valence-corrected chi connectivity index (χ2v) is 15.2. The van der Waals surface area contributed by atoms with Crippen LogP contribution in [0.2, 0.25) is 0 Å². The van der Waals surface area contributed by atoms with E-state index in [1.165, 1.54) is 25.7 Å². The van der Waals surface area contributed by atoms with Crippen molar-refractivity contribution in [1.29, 1.82) is 0 Å². The summed E-state index contributed by atoms with van der Waals surface area (Å²) >= 11 is 1.84. The first-order chi connectivity index (χ1) is 27.7. The number of thiophene rings is 1. The molecular formula is C52H32N2OS. The number of aromatic nitrogens is 2. The lowest BCUT2D eigenvalue weighted by Gasteiger charge is -2.14. The van der Waals surface area contributed by atoms with E-state index in [2.05, 4.69) is 164 Å². The number of benzene rings is 8. The molecular weight excluding hydrogens is 701 g/mol. The maximum atomic E-state index is 6.45. The van der Waals surface area contributed by atoms with Crippen molar-refractivity contribution in [2.45, 2.75) is 0 Å². The van der Waals surface area contributed by atoms with Crippen LogP contribution in [0.1, 0.15) is 0 Å². The summed E-state index contributed by atoms with van der Waals surface area (Å²) in [4.78, 5) is 10.5. The van der Waals surface area contributed by atoms with Gasteiger partial charge in [-0.05, 0) is 82.4 Å². The fourth-order valence-corrected chi connectivity index (χ4v) is 9.01. The Kier molecular flexibility index (Phi) is 7.68. The Hall–Kier alpha value is -7.14. The molecule has 0 fully saturated rings. The third-order valence-electron chi connectivity index (χ3n) is 10.7. The van der Waals surface area contributed by atoms with E-state index in [9.17, 15) is 0 Å². The first-order valence-electron chi connectivity index (χ1n) is 18.8. The van der Waals surface area contributed by atoms with Gasteiger partial charge in [-0.3, -0.25) is 0 Å². The van der Waals surface area contributed by atoms with Gasteiger partial charge in [0.1, 0.15) is 11.2 Å². The molecule has 0 radical (unpaired) electrons. The Balaban J connectivity index is 1.09. The Morgan fingerprint density at radius 3 is 1.77 bits per heavy atom. The van der Waals surface area contributed by atoms with Crippen molar-refractivity contribution in [3.63, 3.8) is 0 Å². The van der Waals surface area contributed by atoms with Gasteiger partial charge in [-0.25, -0.2) is 9.97 Å². The van der Waals surface area contributed by atoms with Gasteiger partial charge < -0.3 is 4.42 Å². The smallest absolute Gasteiger partial charge is 0.160 e. The van der Waals surface area contributed by atoms with Crippen molar-refractivity contribution in [2.75, 3.05) is 0 Å². The molecule has 56 heavy (non-hydrogen) atoms. The van der Waals surface area contributed by atoms with E-state index in [1.54, 1.807) is 0 Å². The number of para-hydroxylation sites is 2. The van der Waals surface area contributed by atoms with Crippen LogP contribution in [0, 0.1) is 0 Å². The van der Waals surface area contributed by atoms with Gasteiger partial charge in [0.2, 0.25) is 0 Å². The second kappa shape index (κ2) is 13.3. The van der Waals surface area contributed by atoms with Gasteiger partial charge in [0.25, 0.3) is 0 Å². The number of hydrogen-bond acceptors (Lipinski definition) is 4. The molecule has 3 aromatic heterocycles. The van der Waals surface area contributed by atoms with Crippen LogP contribution in [0.5, 0.6) is 0 Å². The van der Waals surface area contributed by atoms with E-state index in [1.807, 2.05) is 41.7 Å². The first kappa shape index (κ1) is 32.3. The van der Waals surface area contributed by atoms with Crippen LogP contribution < -0.4 is 0 Å². The molecule has 0 unspecified atom stereocenters. The first-order valence-corrected chi connectivity index (χ1v) is 19.6. The van der Waals surface area contributed by atoms with Gasteiger partial charge in [0.05, 0.1) is 11.4 Å². The highest BCUT2D eigenvalue weighted by atomic mass is 32.1. The molecule has 0 amide bonds. The number of fused-ring (bicyclic) bond motifs is 6. The highest BCUT2D eigenvalue weighted by molar-refractivity contribution is 7.25. The molecule has 4 heteroatoms. The molecule has 11 aromatic rings. The average Bonchev–Trinajstić information content (AvgIpc) is 3.85. The van der Waals surface area contributed by atoms with Crippen molar-refractivity contribution in [1.82, 2.24) is 9.97 Å². The molecule has 0 aliphatic heterocycles. The predicted molar refractivity (Wildman–Crippen MR) is 235 cm³/mol. The number of nitrogens with zero attached hydrogens (tertiary/aromatic N) is 2. The third kappa shape index (κ3) is 5.67. The zero-order chi connectivity index (χ0) is 37.0. The minimum absolute atomic E-state index is 0.681. The topological polar surface area (TPSA) is 38.9 Å². The highest BCUT2D eigenvalue weighted by Gasteiger charge is 2.17. The molecule has 0 saturated heterocycles. The summed E-state index contributed by atoms with van der Waals surface area (Å²) < 4.78 is 9.04. The van der Waals surface area contributed by atoms with Crippen LogP contribution in [0.3, 0.4) is 0 Å². The summed E-state index contributed by atoms with van der Waals surface area (Å²) in [6, 6.07) is 68.6. The average molecular weight is 733 g/mol. The minimum atomic E-state index is 0.681. The Morgan fingerprint density at radius 2 is 0.929 bits per heavy atom. The third-order valence-corrected chi connectivity index (χ3v) is 11.8. The summed E-state index contributed by atoms with van der Waals surface area (Å²) in [6.45, 7) is 0. The highest BCUT2D eigenvalue weighted by Crippen LogP contribution is 2.40. The van der Waals surface area contributed by atoms with E-state index >= 15 is 0 Å². The maximum Gasteiger partial charge on any atom is 0.160 e. The number of furan rings is 1. The van der Waals surface area contributed by atoms with Gasteiger partial charge in [-0.1, -0.05) is 140 Å². The monoisotopic (exact) mass is 732 g/mol. The van der Waals surface area contributed by atoms with Crippen LogP contribution in [0.15, 0.2) is 199 Å². The van der Waals surface area contributed by atoms with Crippen molar-refractivity contribution in [2.24, 2.45) is 0 Å². The largest absolute Gasteiger partial charge is 0.455 e. The SMILES string of the molecule is c1ccc(-c2cc(-c3ccc4sc5ccccc5c4c3)cc(-c3cc(-c4cccc(-c5cccc6c5oc5ccccc56)c4)nc(-c4ccccc4)n3)c2)cc1. The number of hydrogen-bond donors (Lipinski definition) is 0. The summed E-state index contributed by atoms with van der Waals surface area (Å²) in [6.07, 6.45) is 0. The summed E-state index contributed by atoms with van der Waals surface area (Å²) in [5, 5.41) is 4.80. The minimum Gasteiger partial charge on any atom is -0.455 e. The van der Waals surface area contributed by atoms with Gasteiger partial charge in [-0.2, -0.15) is 0 Å². The lowest BCUT2D eigenvalue weighted by molar-refractivity contribution is 0.670. The van der Waals surface area contributed by atoms with Crippen LogP contribution in [-0.2, 0) is 0 Å². The fourth-order valence-electron chi connectivity index (χ4n) is 7.92. The molecule has 0 atom stereocenters. The molecule has 3 nitrogen and oxygen atoms in total. The fraction of sp³-hybridized carbons (Fsp3) is 0. The molecule has 0 bridgehead atoms. The van der Waals surface area contributed by atoms with Gasteiger partial charge >= 0.3 is 0 Å². The molecule has 3 heterocycles. The molecule has 0 aliphatic carbocycles. The van der Waals surface area contributed by atoms with Crippen molar-refractivity contribution < 1.29 is 4.42 Å². The molecule has 11 rings (SSSR count). The zero-order valence-corrected chi connectivity index (χ0v) is 31.0. The molecule has 8 aromatic carbocycles. The number of rotatable bonds is 6. The summed E-state index contributed by atoms with van der Waals surface area (Å²) in [5.41, 5.74) is 13.2. The van der Waals surface area contributed by atoms with E-state index in [-0.39, 0.29) is 0 Å².